The van der Waals surface area contributed by atoms with E-state index in [1.165, 1.54) is 6.07 Å². The lowest BCUT2D eigenvalue weighted by atomic mass is 10.1. The van der Waals surface area contributed by atoms with Gasteiger partial charge in [-0.2, -0.15) is 0 Å². The molecule has 0 saturated carbocycles. The van der Waals surface area contributed by atoms with Crippen molar-refractivity contribution in [2.24, 2.45) is 0 Å². The van der Waals surface area contributed by atoms with Crippen molar-refractivity contribution in [3.8, 4) is 11.3 Å². The zero-order chi connectivity index (χ0) is 13.0. The molecule has 1 heterocycles. The van der Waals surface area contributed by atoms with Crippen molar-refractivity contribution in [3.05, 3.63) is 46.4 Å². The van der Waals surface area contributed by atoms with Gasteiger partial charge in [0.1, 0.15) is 5.82 Å². The molecular weight excluding hydrogens is 297 g/mol. The van der Waals surface area contributed by atoms with E-state index in [-0.39, 0.29) is 5.82 Å². The lowest BCUT2D eigenvalue weighted by Gasteiger charge is -2.06. The summed E-state index contributed by atoms with van der Waals surface area (Å²) in [6.45, 7) is 3.81. The molecule has 18 heavy (non-hydrogen) atoms. The van der Waals surface area contributed by atoms with Crippen LogP contribution in [-0.2, 0) is 6.54 Å². The van der Waals surface area contributed by atoms with Gasteiger partial charge in [0.2, 0.25) is 0 Å². The van der Waals surface area contributed by atoms with Crippen molar-refractivity contribution in [1.29, 1.82) is 0 Å². The Labute approximate surface area is 114 Å². The van der Waals surface area contributed by atoms with Crippen LogP contribution in [0.5, 0.6) is 0 Å². The fourth-order valence-electron chi connectivity index (χ4n) is 1.75. The monoisotopic (exact) mass is 311 g/mol. The van der Waals surface area contributed by atoms with Gasteiger partial charge in [-0.1, -0.05) is 13.0 Å². The van der Waals surface area contributed by atoms with Gasteiger partial charge >= 0.3 is 0 Å². The summed E-state index contributed by atoms with van der Waals surface area (Å²) < 4.78 is 19.9. The Morgan fingerprint density at radius 1 is 1.33 bits per heavy atom. The SMILES string of the molecule is CCCNCc1ccc(F)c(-c2occc2Br)c1. The van der Waals surface area contributed by atoms with Gasteiger partial charge in [0.05, 0.1) is 16.3 Å². The van der Waals surface area contributed by atoms with E-state index in [1.807, 2.05) is 6.07 Å². The van der Waals surface area contributed by atoms with Crippen LogP contribution in [0.15, 0.2) is 39.4 Å². The summed E-state index contributed by atoms with van der Waals surface area (Å²) >= 11 is 3.35. The van der Waals surface area contributed by atoms with Crippen molar-refractivity contribution < 1.29 is 8.81 Å². The molecule has 2 aromatic rings. The summed E-state index contributed by atoms with van der Waals surface area (Å²) in [7, 11) is 0. The van der Waals surface area contributed by atoms with Crippen molar-refractivity contribution in [3.63, 3.8) is 0 Å². The Balaban J connectivity index is 2.25. The molecule has 1 aromatic carbocycles. The van der Waals surface area contributed by atoms with Crippen LogP contribution >= 0.6 is 15.9 Å². The van der Waals surface area contributed by atoms with Gasteiger partial charge in [0, 0.05) is 6.54 Å². The number of nitrogens with one attached hydrogen (secondary N) is 1. The topological polar surface area (TPSA) is 25.2 Å². The third kappa shape index (κ3) is 3.00. The number of rotatable bonds is 5. The molecule has 0 bridgehead atoms. The van der Waals surface area contributed by atoms with Gasteiger partial charge in [-0.05, 0) is 52.7 Å². The molecule has 0 aliphatic rings. The first-order valence-corrected chi connectivity index (χ1v) is 6.74. The van der Waals surface area contributed by atoms with Crippen LogP contribution < -0.4 is 5.32 Å². The number of hydrogen-bond acceptors (Lipinski definition) is 2. The quantitative estimate of drug-likeness (QED) is 0.831. The second-order valence-corrected chi connectivity index (χ2v) is 4.94. The molecule has 0 unspecified atom stereocenters. The number of halogens is 2. The molecule has 0 aliphatic carbocycles. The van der Waals surface area contributed by atoms with E-state index in [9.17, 15) is 4.39 Å². The first-order valence-electron chi connectivity index (χ1n) is 5.95. The second kappa shape index (κ2) is 6.16. The van der Waals surface area contributed by atoms with E-state index < -0.39 is 0 Å². The zero-order valence-corrected chi connectivity index (χ0v) is 11.8. The Bertz CT molecular complexity index is 524. The summed E-state index contributed by atoms with van der Waals surface area (Å²) in [5, 5.41) is 3.29. The van der Waals surface area contributed by atoms with Gasteiger partial charge in [0.25, 0.3) is 0 Å². The van der Waals surface area contributed by atoms with Gasteiger partial charge < -0.3 is 9.73 Å². The van der Waals surface area contributed by atoms with Crippen LogP contribution in [-0.4, -0.2) is 6.54 Å². The Morgan fingerprint density at radius 3 is 2.83 bits per heavy atom. The number of hydrogen-bond donors (Lipinski definition) is 1. The number of furan rings is 1. The fraction of sp³-hybridized carbons (Fsp3) is 0.286. The molecule has 1 N–H and O–H groups in total. The second-order valence-electron chi connectivity index (χ2n) is 4.09. The Kier molecular flexibility index (Phi) is 4.55. The van der Waals surface area contributed by atoms with Crippen molar-refractivity contribution in [1.82, 2.24) is 5.32 Å². The van der Waals surface area contributed by atoms with Gasteiger partial charge in [-0.25, -0.2) is 4.39 Å². The average Bonchev–Trinajstić information content (AvgIpc) is 2.78. The summed E-state index contributed by atoms with van der Waals surface area (Å²) in [4.78, 5) is 0. The highest BCUT2D eigenvalue weighted by Crippen LogP contribution is 2.31. The van der Waals surface area contributed by atoms with E-state index in [0.717, 1.165) is 29.5 Å². The highest BCUT2D eigenvalue weighted by atomic mass is 79.9. The van der Waals surface area contributed by atoms with Crippen LogP contribution in [0.3, 0.4) is 0 Å². The molecule has 1 aromatic heterocycles. The Morgan fingerprint density at radius 2 is 2.17 bits per heavy atom. The van der Waals surface area contributed by atoms with Crippen LogP contribution in [0.25, 0.3) is 11.3 Å². The summed E-state index contributed by atoms with van der Waals surface area (Å²) in [6, 6.07) is 6.85. The first kappa shape index (κ1) is 13.3. The summed E-state index contributed by atoms with van der Waals surface area (Å²) in [5.74, 6) is 0.259. The van der Waals surface area contributed by atoms with E-state index >= 15 is 0 Å². The molecule has 0 aliphatic heterocycles. The van der Waals surface area contributed by atoms with E-state index in [4.69, 9.17) is 4.42 Å². The normalized spacial score (nSPS) is 10.8. The summed E-state index contributed by atoms with van der Waals surface area (Å²) in [5.41, 5.74) is 1.53. The maximum absolute atomic E-state index is 13.8. The minimum absolute atomic E-state index is 0.273. The van der Waals surface area contributed by atoms with Crippen molar-refractivity contribution in [2.45, 2.75) is 19.9 Å². The molecule has 0 saturated heterocycles. The molecule has 2 rings (SSSR count). The van der Waals surface area contributed by atoms with Crippen LogP contribution in [0, 0.1) is 5.82 Å². The van der Waals surface area contributed by atoms with Crippen molar-refractivity contribution >= 4 is 15.9 Å². The van der Waals surface area contributed by atoms with Crippen LogP contribution in [0.4, 0.5) is 4.39 Å². The van der Waals surface area contributed by atoms with Gasteiger partial charge in [-0.3, -0.25) is 0 Å². The molecule has 0 spiro atoms. The van der Waals surface area contributed by atoms with Crippen molar-refractivity contribution in [2.75, 3.05) is 6.54 Å². The van der Waals surface area contributed by atoms with Crippen LogP contribution in [0.2, 0.25) is 0 Å². The largest absolute Gasteiger partial charge is 0.463 e. The molecule has 0 radical (unpaired) electrons. The maximum Gasteiger partial charge on any atom is 0.150 e. The molecule has 2 nitrogen and oxygen atoms in total. The maximum atomic E-state index is 13.8. The highest BCUT2D eigenvalue weighted by molar-refractivity contribution is 9.10. The first-order chi connectivity index (χ1) is 8.72. The predicted molar refractivity (Wildman–Crippen MR) is 73.8 cm³/mol. The number of benzene rings is 1. The molecule has 96 valence electrons. The summed E-state index contributed by atoms with van der Waals surface area (Å²) in [6.07, 6.45) is 2.62. The zero-order valence-electron chi connectivity index (χ0n) is 10.2. The third-order valence-electron chi connectivity index (χ3n) is 2.65. The predicted octanol–water partition coefficient (Wildman–Crippen LogP) is 4.35. The Hall–Kier alpha value is -1.13. The van der Waals surface area contributed by atoms with E-state index in [2.05, 4.69) is 28.2 Å². The third-order valence-corrected chi connectivity index (χ3v) is 3.27. The minimum Gasteiger partial charge on any atom is -0.463 e. The lowest BCUT2D eigenvalue weighted by molar-refractivity contribution is 0.567. The minimum atomic E-state index is -0.273. The molecule has 4 heteroatoms. The molecule has 0 fully saturated rings. The highest BCUT2D eigenvalue weighted by Gasteiger charge is 2.12. The van der Waals surface area contributed by atoms with E-state index in [0.29, 0.717) is 11.3 Å². The smallest absolute Gasteiger partial charge is 0.150 e. The van der Waals surface area contributed by atoms with Gasteiger partial charge in [0.15, 0.2) is 5.76 Å². The van der Waals surface area contributed by atoms with Crippen LogP contribution in [0.1, 0.15) is 18.9 Å². The standard InChI is InChI=1S/C14H15BrFNO/c1-2-6-17-9-10-3-4-13(16)11(8-10)14-12(15)5-7-18-14/h3-5,7-8,17H,2,6,9H2,1H3. The average molecular weight is 312 g/mol. The molecule has 0 amide bonds. The fourth-order valence-corrected chi connectivity index (χ4v) is 2.17. The van der Waals surface area contributed by atoms with E-state index in [1.54, 1.807) is 18.4 Å². The molecular formula is C14H15BrFNO. The molecule has 0 atom stereocenters. The van der Waals surface area contributed by atoms with Gasteiger partial charge in [-0.15, -0.1) is 0 Å². The lowest BCUT2D eigenvalue weighted by Crippen LogP contribution is -2.13.